The minimum Gasteiger partial charge on any atom is -0.454 e. The van der Waals surface area contributed by atoms with Crippen molar-refractivity contribution in [2.45, 2.75) is 76.4 Å². The first-order valence-corrected chi connectivity index (χ1v) is 17.9. The van der Waals surface area contributed by atoms with Crippen molar-refractivity contribution >= 4 is 40.1 Å². The van der Waals surface area contributed by atoms with E-state index in [1.54, 1.807) is 0 Å². The summed E-state index contributed by atoms with van der Waals surface area (Å²) in [5.74, 6) is 2.18. The lowest BCUT2D eigenvalue weighted by molar-refractivity contribution is -0.135. The average molecular weight is 680 g/mol. The highest BCUT2D eigenvalue weighted by Gasteiger charge is 2.55. The lowest BCUT2D eigenvalue weighted by atomic mass is 9.61. The van der Waals surface area contributed by atoms with Crippen LogP contribution in [0.1, 0.15) is 81.3 Å². The Morgan fingerprint density at radius 2 is 1.91 bits per heavy atom. The van der Waals surface area contributed by atoms with Crippen LogP contribution < -0.4 is 14.8 Å². The summed E-state index contributed by atoms with van der Waals surface area (Å²) in [7, 11) is 0. The molecule has 3 aromatic rings. The van der Waals surface area contributed by atoms with Gasteiger partial charge in [0.25, 0.3) is 0 Å². The maximum atomic E-state index is 13.7. The third kappa shape index (κ3) is 5.97. The number of ether oxygens (including phenoxy) is 3. The number of halogens is 1. The predicted molar refractivity (Wildman–Crippen MR) is 180 cm³/mol. The lowest BCUT2D eigenvalue weighted by Gasteiger charge is -2.50. The molecule has 5 atom stereocenters. The molecule has 2 saturated carbocycles. The fourth-order valence-corrected chi connectivity index (χ4v) is 9.74. The minimum absolute atomic E-state index is 0.0438. The van der Waals surface area contributed by atoms with Gasteiger partial charge in [0.15, 0.2) is 16.6 Å². The van der Waals surface area contributed by atoms with Gasteiger partial charge in [0.05, 0.1) is 11.5 Å². The molecule has 1 aromatic heterocycles. The number of nitrogens with zero attached hydrogens (tertiary/aromatic N) is 2. The standard InChI is InChI=1S/C36H42ClN3O6S/c1-21(2)26-10-8-22(3)17-36(26,46-34(42)43)24-12-15-40(19-24)31(25-6-4-5-7-27(25)37)30-18-38-33(47-30)39-32(41)35(13-14-35)23-9-11-28-29(16-23)45-20-44-28/h4-7,9,11,16,18,21-22,24,26,31H,8,10,12-15,17,19-20H2,1-3H3,(H,42,43)(H,38,39,41). The second kappa shape index (κ2) is 12.6. The number of anilines is 1. The number of amides is 1. The van der Waals surface area contributed by atoms with Gasteiger partial charge >= 0.3 is 6.16 Å². The van der Waals surface area contributed by atoms with E-state index < -0.39 is 17.2 Å². The Balaban J connectivity index is 1.16. The van der Waals surface area contributed by atoms with Crippen LogP contribution in [0, 0.1) is 23.7 Å². The second-order valence-electron chi connectivity index (χ2n) is 14.1. The van der Waals surface area contributed by atoms with Gasteiger partial charge in [0.2, 0.25) is 12.7 Å². The van der Waals surface area contributed by atoms with Crippen LogP contribution in [-0.2, 0) is 14.9 Å². The third-order valence-corrected chi connectivity index (χ3v) is 12.3. The van der Waals surface area contributed by atoms with Crippen molar-refractivity contribution in [3.05, 3.63) is 69.7 Å². The van der Waals surface area contributed by atoms with Crippen LogP contribution in [0.3, 0.4) is 0 Å². The molecule has 2 aliphatic carbocycles. The maximum absolute atomic E-state index is 13.7. The number of carbonyl (C=O) groups is 2. The molecule has 3 heterocycles. The lowest BCUT2D eigenvalue weighted by Crippen LogP contribution is -2.54. The van der Waals surface area contributed by atoms with Crippen molar-refractivity contribution in [3.63, 3.8) is 0 Å². The normalized spacial score (nSPS) is 27.0. The number of carbonyl (C=O) groups excluding carboxylic acids is 1. The number of nitrogens with one attached hydrogen (secondary N) is 1. The number of carboxylic acid groups (broad SMARTS) is 1. The number of hydrogen-bond donors (Lipinski definition) is 2. The third-order valence-electron chi connectivity index (χ3n) is 10.9. The summed E-state index contributed by atoms with van der Waals surface area (Å²) in [6.45, 7) is 8.20. The van der Waals surface area contributed by atoms with Gasteiger partial charge in [-0.3, -0.25) is 9.69 Å². The molecule has 0 bridgehead atoms. The molecular formula is C36H42ClN3O6S. The van der Waals surface area contributed by atoms with Crippen molar-refractivity contribution in [2.24, 2.45) is 23.7 Å². The molecule has 2 aliphatic heterocycles. The van der Waals surface area contributed by atoms with Gasteiger partial charge in [-0.05, 0) is 79.8 Å². The Morgan fingerprint density at radius 3 is 2.66 bits per heavy atom. The second-order valence-corrected chi connectivity index (χ2v) is 15.6. The van der Waals surface area contributed by atoms with E-state index in [9.17, 15) is 14.7 Å². The largest absolute Gasteiger partial charge is 0.506 e. The monoisotopic (exact) mass is 679 g/mol. The van der Waals surface area contributed by atoms with E-state index in [4.69, 9.17) is 25.8 Å². The summed E-state index contributed by atoms with van der Waals surface area (Å²) in [6, 6.07) is 13.4. The Bertz CT molecular complexity index is 1660. The highest BCUT2D eigenvalue weighted by Crippen LogP contribution is 2.53. The molecule has 47 heavy (non-hydrogen) atoms. The Hall–Kier alpha value is -3.34. The molecule has 2 aromatic carbocycles. The van der Waals surface area contributed by atoms with E-state index in [2.05, 4.69) is 36.0 Å². The van der Waals surface area contributed by atoms with E-state index in [1.165, 1.54) is 11.3 Å². The van der Waals surface area contributed by atoms with Gasteiger partial charge in [-0.2, -0.15) is 0 Å². The zero-order valence-electron chi connectivity index (χ0n) is 27.0. The number of thiazole rings is 1. The quantitative estimate of drug-likeness (QED) is 0.218. The van der Waals surface area contributed by atoms with Gasteiger partial charge in [-0.25, -0.2) is 9.78 Å². The molecule has 250 valence electrons. The van der Waals surface area contributed by atoms with Gasteiger partial charge in [0.1, 0.15) is 5.60 Å². The maximum Gasteiger partial charge on any atom is 0.506 e. The summed E-state index contributed by atoms with van der Waals surface area (Å²) in [4.78, 5) is 33.9. The zero-order chi connectivity index (χ0) is 32.9. The van der Waals surface area contributed by atoms with Crippen LogP contribution in [0.2, 0.25) is 5.02 Å². The number of rotatable bonds is 9. The summed E-state index contributed by atoms with van der Waals surface area (Å²) in [5.41, 5.74) is 0.528. The molecule has 4 aliphatic rings. The van der Waals surface area contributed by atoms with Crippen LogP contribution in [0.4, 0.5) is 9.93 Å². The SMILES string of the molecule is CC1CCC(C(C)C)C(OC(=O)O)(C2CCN(C(c3cnc(NC(=O)C4(c5ccc6c(c5)OCO6)CC4)s3)c3ccccc3Cl)C2)C1. The van der Waals surface area contributed by atoms with E-state index in [1.807, 2.05) is 48.7 Å². The van der Waals surface area contributed by atoms with Crippen LogP contribution in [0.25, 0.3) is 0 Å². The Labute approximate surface area is 284 Å². The van der Waals surface area contributed by atoms with E-state index in [-0.39, 0.29) is 30.6 Å². The highest BCUT2D eigenvalue weighted by molar-refractivity contribution is 7.15. The molecule has 0 spiro atoms. The molecular weight excluding hydrogens is 638 g/mol. The fourth-order valence-electron chi connectivity index (χ4n) is 8.54. The van der Waals surface area contributed by atoms with Crippen molar-refractivity contribution in [1.29, 1.82) is 0 Å². The molecule has 1 saturated heterocycles. The van der Waals surface area contributed by atoms with E-state index >= 15 is 0 Å². The zero-order valence-corrected chi connectivity index (χ0v) is 28.6. The molecule has 0 radical (unpaired) electrons. The van der Waals surface area contributed by atoms with Crippen LogP contribution in [-0.4, -0.2) is 52.5 Å². The molecule has 5 unspecified atom stereocenters. The van der Waals surface area contributed by atoms with Crippen molar-refractivity contribution < 1.29 is 28.9 Å². The Morgan fingerprint density at radius 1 is 1.13 bits per heavy atom. The van der Waals surface area contributed by atoms with Crippen molar-refractivity contribution in [3.8, 4) is 11.5 Å². The van der Waals surface area contributed by atoms with Gasteiger partial charge in [-0.1, -0.05) is 74.4 Å². The summed E-state index contributed by atoms with van der Waals surface area (Å²) >= 11 is 8.30. The molecule has 2 N–H and O–H groups in total. The summed E-state index contributed by atoms with van der Waals surface area (Å²) in [6.07, 6.45) is 5.76. The number of hydrogen-bond acceptors (Lipinski definition) is 8. The van der Waals surface area contributed by atoms with Crippen LogP contribution >= 0.6 is 22.9 Å². The highest BCUT2D eigenvalue weighted by atomic mass is 35.5. The fraction of sp³-hybridized carbons (Fsp3) is 0.528. The van der Waals surface area contributed by atoms with E-state index in [0.29, 0.717) is 40.0 Å². The van der Waals surface area contributed by atoms with Crippen LogP contribution in [0.15, 0.2) is 48.7 Å². The minimum atomic E-state index is -1.19. The topological polar surface area (TPSA) is 110 Å². The average Bonchev–Trinajstić information content (AvgIpc) is 3.35. The van der Waals surface area contributed by atoms with Crippen molar-refractivity contribution in [2.75, 3.05) is 25.2 Å². The first-order valence-electron chi connectivity index (χ1n) is 16.7. The molecule has 11 heteroatoms. The van der Waals surface area contributed by atoms with Gasteiger partial charge in [0, 0.05) is 34.5 Å². The van der Waals surface area contributed by atoms with Crippen LogP contribution in [0.5, 0.6) is 11.5 Å². The molecule has 7 rings (SSSR count). The number of likely N-dealkylation sites (tertiary alicyclic amines) is 1. The van der Waals surface area contributed by atoms with E-state index in [0.717, 1.165) is 61.1 Å². The Kier molecular flexibility index (Phi) is 8.64. The first kappa shape index (κ1) is 32.2. The molecule has 9 nitrogen and oxygen atoms in total. The summed E-state index contributed by atoms with van der Waals surface area (Å²) < 4.78 is 17.0. The van der Waals surface area contributed by atoms with Gasteiger partial charge < -0.3 is 24.6 Å². The van der Waals surface area contributed by atoms with Gasteiger partial charge in [-0.15, -0.1) is 0 Å². The summed E-state index contributed by atoms with van der Waals surface area (Å²) in [5, 5.41) is 14.3. The molecule has 1 amide bonds. The first-order chi connectivity index (χ1) is 22.6. The smallest absolute Gasteiger partial charge is 0.454 e. The van der Waals surface area contributed by atoms with Crippen molar-refractivity contribution in [1.82, 2.24) is 9.88 Å². The predicted octanol–water partition coefficient (Wildman–Crippen LogP) is 8.13. The number of benzene rings is 2. The number of fused-ring (bicyclic) bond motifs is 1. The molecule has 3 fully saturated rings. The number of aromatic nitrogens is 1.